The van der Waals surface area contributed by atoms with E-state index >= 15 is 0 Å². The van der Waals surface area contributed by atoms with Gasteiger partial charge in [-0.25, -0.2) is 0 Å². The number of amides is 1. The van der Waals surface area contributed by atoms with Crippen LogP contribution in [0.5, 0.6) is 0 Å². The summed E-state index contributed by atoms with van der Waals surface area (Å²) in [6.45, 7) is 1.38. The van der Waals surface area contributed by atoms with Crippen LogP contribution in [-0.2, 0) is 24.3 Å². The van der Waals surface area contributed by atoms with Gasteiger partial charge >= 0.3 is 0 Å². The molecule has 0 spiro atoms. The van der Waals surface area contributed by atoms with Crippen LogP contribution in [0.15, 0.2) is 41.1 Å². The molecule has 0 fully saturated rings. The van der Waals surface area contributed by atoms with Crippen LogP contribution < -0.4 is 10.6 Å². The number of carbonyl (C=O) groups is 1. The van der Waals surface area contributed by atoms with Gasteiger partial charge in [-0.05, 0) is 39.9 Å². The van der Waals surface area contributed by atoms with Crippen LogP contribution in [0.4, 0.5) is 0 Å². The molecule has 1 aliphatic rings. The largest absolute Gasteiger partial charge is 0.351 e. The number of hydrogen-bond donors (Lipinski definition) is 2. The predicted molar refractivity (Wildman–Crippen MR) is 84.2 cm³/mol. The van der Waals surface area contributed by atoms with E-state index in [4.69, 9.17) is 0 Å². The molecule has 0 aliphatic carbocycles. The second-order valence-electron chi connectivity index (χ2n) is 4.76. The first-order valence-electron chi connectivity index (χ1n) is 6.42. The standard InChI is InChI=1S/C15H16N2OS.ClH/c18-15(17-8-11-5-6-19-10-11)14-7-12-3-1-2-4-13(12)9-16-14;/h1-6,10,14,16H,7-9H2,(H,17,18);1H. The van der Waals surface area contributed by atoms with E-state index in [1.54, 1.807) is 11.3 Å². The number of hydrogen-bond acceptors (Lipinski definition) is 3. The Morgan fingerprint density at radius 1 is 1.30 bits per heavy atom. The van der Waals surface area contributed by atoms with Crippen molar-refractivity contribution in [3.63, 3.8) is 0 Å². The molecule has 0 saturated carbocycles. The molecule has 2 aromatic rings. The molecule has 0 radical (unpaired) electrons. The molecule has 3 nitrogen and oxygen atoms in total. The van der Waals surface area contributed by atoms with E-state index in [-0.39, 0.29) is 24.4 Å². The van der Waals surface area contributed by atoms with Gasteiger partial charge in [-0.3, -0.25) is 4.79 Å². The molecule has 5 heteroatoms. The fourth-order valence-corrected chi connectivity index (χ4v) is 3.01. The van der Waals surface area contributed by atoms with E-state index in [0.717, 1.165) is 18.5 Å². The zero-order chi connectivity index (χ0) is 13.1. The van der Waals surface area contributed by atoms with E-state index in [9.17, 15) is 4.79 Å². The van der Waals surface area contributed by atoms with Gasteiger partial charge in [0, 0.05) is 13.1 Å². The van der Waals surface area contributed by atoms with Crippen LogP contribution in [0.1, 0.15) is 16.7 Å². The number of nitrogens with one attached hydrogen (secondary N) is 2. The summed E-state index contributed by atoms with van der Waals surface area (Å²) in [7, 11) is 0. The number of rotatable bonds is 3. The lowest BCUT2D eigenvalue weighted by Gasteiger charge is -2.25. The van der Waals surface area contributed by atoms with Crippen molar-refractivity contribution >= 4 is 29.7 Å². The van der Waals surface area contributed by atoms with Crippen molar-refractivity contribution in [2.45, 2.75) is 25.6 Å². The van der Waals surface area contributed by atoms with Crippen LogP contribution in [0, 0.1) is 0 Å². The molecule has 0 saturated heterocycles. The van der Waals surface area contributed by atoms with Gasteiger partial charge in [0.15, 0.2) is 0 Å². The molecule has 20 heavy (non-hydrogen) atoms. The number of halogens is 1. The summed E-state index contributed by atoms with van der Waals surface area (Å²) < 4.78 is 0. The predicted octanol–water partition coefficient (Wildman–Crippen LogP) is 2.50. The molecular weight excluding hydrogens is 292 g/mol. The van der Waals surface area contributed by atoms with Gasteiger partial charge in [-0.15, -0.1) is 12.4 Å². The van der Waals surface area contributed by atoms with Crippen molar-refractivity contribution in [2.24, 2.45) is 0 Å². The molecule has 1 aromatic carbocycles. The van der Waals surface area contributed by atoms with Crippen LogP contribution in [0.25, 0.3) is 0 Å². The minimum absolute atomic E-state index is 0. The summed E-state index contributed by atoms with van der Waals surface area (Å²) in [4.78, 5) is 12.1. The van der Waals surface area contributed by atoms with Gasteiger partial charge in [-0.1, -0.05) is 24.3 Å². The second-order valence-corrected chi connectivity index (χ2v) is 5.54. The Morgan fingerprint density at radius 2 is 2.10 bits per heavy atom. The fraction of sp³-hybridized carbons (Fsp3) is 0.267. The van der Waals surface area contributed by atoms with Crippen molar-refractivity contribution in [1.82, 2.24) is 10.6 Å². The molecule has 2 heterocycles. The molecular formula is C15H17ClN2OS. The van der Waals surface area contributed by atoms with Crippen molar-refractivity contribution in [1.29, 1.82) is 0 Å². The topological polar surface area (TPSA) is 41.1 Å². The molecule has 1 aliphatic heterocycles. The van der Waals surface area contributed by atoms with E-state index in [1.165, 1.54) is 11.1 Å². The van der Waals surface area contributed by atoms with Gasteiger partial charge in [0.2, 0.25) is 5.91 Å². The summed E-state index contributed by atoms with van der Waals surface area (Å²) in [6, 6.07) is 10.2. The molecule has 2 N–H and O–H groups in total. The van der Waals surface area contributed by atoms with Gasteiger partial charge in [-0.2, -0.15) is 11.3 Å². The van der Waals surface area contributed by atoms with Gasteiger partial charge in [0.1, 0.15) is 0 Å². The minimum atomic E-state index is -0.117. The number of fused-ring (bicyclic) bond motifs is 1. The Balaban J connectivity index is 0.00000147. The van der Waals surface area contributed by atoms with Crippen molar-refractivity contribution in [3.8, 4) is 0 Å². The number of carbonyl (C=O) groups excluding carboxylic acids is 1. The Kier molecular flexibility index (Phi) is 5.17. The highest BCUT2D eigenvalue weighted by Crippen LogP contribution is 2.16. The molecule has 1 aromatic heterocycles. The van der Waals surface area contributed by atoms with Gasteiger partial charge in [0.05, 0.1) is 6.04 Å². The summed E-state index contributed by atoms with van der Waals surface area (Å²) >= 11 is 1.65. The number of benzene rings is 1. The molecule has 1 atom stereocenters. The first kappa shape index (κ1) is 15.0. The van der Waals surface area contributed by atoms with E-state index in [1.807, 2.05) is 23.6 Å². The SMILES string of the molecule is Cl.O=C(NCc1ccsc1)C1Cc2ccccc2CN1. The highest BCUT2D eigenvalue weighted by atomic mass is 35.5. The number of thiophene rings is 1. The average Bonchev–Trinajstić information content (AvgIpc) is 2.97. The van der Waals surface area contributed by atoms with Crippen molar-refractivity contribution < 1.29 is 4.79 Å². The lowest BCUT2D eigenvalue weighted by atomic mass is 9.95. The third-order valence-corrected chi connectivity index (χ3v) is 4.18. The fourth-order valence-electron chi connectivity index (χ4n) is 2.35. The van der Waals surface area contributed by atoms with Crippen LogP contribution in [-0.4, -0.2) is 11.9 Å². The lowest BCUT2D eigenvalue weighted by molar-refractivity contribution is -0.123. The normalized spacial score (nSPS) is 16.9. The van der Waals surface area contributed by atoms with Crippen molar-refractivity contribution in [2.75, 3.05) is 0 Å². The molecule has 1 unspecified atom stereocenters. The second kappa shape index (κ2) is 6.88. The maximum absolute atomic E-state index is 12.1. The smallest absolute Gasteiger partial charge is 0.237 e. The summed E-state index contributed by atoms with van der Waals surface area (Å²) in [5.74, 6) is 0.0840. The molecule has 0 bridgehead atoms. The third-order valence-electron chi connectivity index (χ3n) is 3.44. The van der Waals surface area contributed by atoms with E-state index < -0.39 is 0 Å². The van der Waals surface area contributed by atoms with Crippen molar-refractivity contribution in [3.05, 3.63) is 57.8 Å². The summed E-state index contributed by atoms with van der Waals surface area (Å²) in [5, 5.41) is 10.4. The molecule has 106 valence electrons. The first-order valence-corrected chi connectivity index (χ1v) is 7.36. The molecule has 3 rings (SSSR count). The Morgan fingerprint density at radius 3 is 2.85 bits per heavy atom. The zero-order valence-corrected chi connectivity index (χ0v) is 12.6. The quantitative estimate of drug-likeness (QED) is 0.915. The van der Waals surface area contributed by atoms with Crippen LogP contribution in [0.3, 0.4) is 0 Å². The monoisotopic (exact) mass is 308 g/mol. The Hall–Kier alpha value is -1.36. The van der Waals surface area contributed by atoms with Gasteiger partial charge < -0.3 is 10.6 Å². The maximum atomic E-state index is 12.1. The van der Waals surface area contributed by atoms with E-state index in [2.05, 4.69) is 28.1 Å². The molecule has 1 amide bonds. The van der Waals surface area contributed by atoms with Crippen LogP contribution >= 0.6 is 23.7 Å². The zero-order valence-electron chi connectivity index (χ0n) is 11.0. The summed E-state index contributed by atoms with van der Waals surface area (Å²) in [6.07, 6.45) is 0.769. The van der Waals surface area contributed by atoms with Gasteiger partial charge in [0.25, 0.3) is 0 Å². The first-order chi connectivity index (χ1) is 9.33. The highest BCUT2D eigenvalue weighted by molar-refractivity contribution is 7.07. The lowest BCUT2D eigenvalue weighted by Crippen LogP contribution is -2.47. The minimum Gasteiger partial charge on any atom is -0.351 e. The summed E-state index contributed by atoms with van der Waals surface area (Å²) in [5.41, 5.74) is 3.73. The highest BCUT2D eigenvalue weighted by Gasteiger charge is 2.23. The average molecular weight is 309 g/mol. The van der Waals surface area contributed by atoms with E-state index in [0.29, 0.717) is 6.54 Å². The third kappa shape index (κ3) is 3.39. The Labute approximate surface area is 128 Å². The van der Waals surface area contributed by atoms with Crippen LogP contribution in [0.2, 0.25) is 0 Å². The Bertz CT molecular complexity index is 571. The maximum Gasteiger partial charge on any atom is 0.237 e.